The Labute approximate surface area is 101 Å². The first-order chi connectivity index (χ1) is 7.75. The van der Waals surface area contributed by atoms with Crippen molar-refractivity contribution in [3.8, 4) is 0 Å². The van der Waals surface area contributed by atoms with Crippen LogP contribution in [0.15, 0.2) is 18.5 Å². The van der Waals surface area contributed by atoms with Crippen LogP contribution in [0, 0.1) is 0 Å². The van der Waals surface area contributed by atoms with Crippen LogP contribution >= 0.6 is 12.2 Å². The predicted octanol–water partition coefficient (Wildman–Crippen LogP) is 1.55. The molecule has 0 aromatic carbocycles. The summed E-state index contributed by atoms with van der Waals surface area (Å²) in [5, 5.41) is 3.27. The first kappa shape index (κ1) is 12.9. The first-order valence-corrected chi connectivity index (χ1v) is 5.63. The molecule has 16 heavy (non-hydrogen) atoms. The van der Waals surface area contributed by atoms with Gasteiger partial charge in [0.2, 0.25) is 0 Å². The van der Waals surface area contributed by atoms with E-state index in [4.69, 9.17) is 22.7 Å². The fourth-order valence-corrected chi connectivity index (χ4v) is 1.52. The number of rotatable bonds is 7. The number of nitrogens with one attached hydrogen (secondary N) is 1. The van der Waals surface area contributed by atoms with Gasteiger partial charge in [-0.2, -0.15) is 0 Å². The number of nitrogens with zero attached hydrogens (tertiary/aromatic N) is 1. The first-order valence-electron chi connectivity index (χ1n) is 5.22. The largest absolute Gasteiger partial charge is 0.389 e. The van der Waals surface area contributed by atoms with E-state index in [9.17, 15) is 0 Å². The van der Waals surface area contributed by atoms with E-state index in [0.717, 1.165) is 37.2 Å². The normalized spacial score (nSPS) is 10.1. The second-order valence-electron chi connectivity index (χ2n) is 3.41. The number of nitrogens with two attached hydrogens (primary N) is 1. The zero-order valence-electron chi connectivity index (χ0n) is 9.40. The summed E-state index contributed by atoms with van der Waals surface area (Å²) in [6.07, 6.45) is 5.50. The van der Waals surface area contributed by atoms with Gasteiger partial charge in [-0.1, -0.05) is 12.2 Å². The molecule has 0 saturated heterocycles. The number of ether oxygens (including phenoxy) is 1. The quantitative estimate of drug-likeness (QED) is 0.558. The van der Waals surface area contributed by atoms with E-state index in [1.807, 2.05) is 6.07 Å². The summed E-state index contributed by atoms with van der Waals surface area (Å²) in [7, 11) is 1.71. The molecule has 1 heterocycles. The Hall–Kier alpha value is -1.20. The van der Waals surface area contributed by atoms with Crippen molar-refractivity contribution >= 4 is 22.9 Å². The third-order valence-corrected chi connectivity index (χ3v) is 2.40. The molecule has 1 rings (SSSR count). The minimum Gasteiger partial charge on any atom is -0.389 e. The molecule has 0 radical (unpaired) electrons. The monoisotopic (exact) mass is 239 g/mol. The highest BCUT2D eigenvalue weighted by molar-refractivity contribution is 7.80. The van der Waals surface area contributed by atoms with Crippen molar-refractivity contribution in [2.24, 2.45) is 5.73 Å². The van der Waals surface area contributed by atoms with Crippen LogP contribution in [0.5, 0.6) is 0 Å². The van der Waals surface area contributed by atoms with Gasteiger partial charge in [-0.15, -0.1) is 0 Å². The zero-order chi connectivity index (χ0) is 11.8. The van der Waals surface area contributed by atoms with Crippen molar-refractivity contribution in [2.45, 2.75) is 12.8 Å². The Morgan fingerprint density at radius 1 is 1.56 bits per heavy atom. The van der Waals surface area contributed by atoms with Gasteiger partial charge in [0, 0.05) is 32.0 Å². The number of aromatic nitrogens is 1. The van der Waals surface area contributed by atoms with Gasteiger partial charge in [-0.05, 0) is 18.9 Å². The maximum atomic E-state index is 5.61. The van der Waals surface area contributed by atoms with Gasteiger partial charge in [-0.3, -0.25) is 4.98 Å². The molecule has 0 aliphatic rings. The third-order valence-electron chi connectivity index (χ3n) is 2.18. The Bertz CT molecular complexity index is 344. The summed E-state index contributed by atoms with van der Waals surface area (Å²) in [4.78, 5) is 4.43. The molecule has 4 nitrogen and oxygen atoms in total. The van der Waals surface area contributed by atoms with Crippen molar-refractivity contribution in [1.29, 1.82) is 0 Å². The molecule has 88 valence electrons. The van der Waals surface area contributed by atoms with Crippen LogP contribution in [0.2, 0.25) is 0 Å². The lowest BCUT2D eigenvalue weighted by atomic mass is 10.2. The number of hydrogen-bond donors (Lipinski definition) is 2. The summed E-state index contributed by atoms with van der Waals surface area (Å²) in [5.41, 5.74) is 7.35. The average molecular weight is 239 g/mol. The highest BCUT2D eigenvalue weighted by Gasteiger charge is 2.03. The molecule has 1 aromatic rings. The van der Waals surface area contributed by atoms with Gasteiger partial charge < -0.3 is 15.8 Å². The van der Waals surface area contributed by atoms with Crippen LogP contribution in [0.3, 0.4) is 0 Å². The molecule has 0 aliphatic heterocycles. The second kappa shape index (κ2) is 7.14. The maximum Gasteiger partial charge on any atom is 0.106 e. The van der Waals surface area contributed by atoms with Gasteiger partial charge in [0.25, 0.3) is 0 Å². The highest BCUT2D eigenvalue weighted by atomic mass is 32.1. The van der Waals surface area contributed by atoms with Crippen molar-refractivity contribution < 1.29 is 4.74 Å². The molecule has 0 saturated carbocycles. The standard InChI is InChI=1S/C11H17N3OS/c1-15-7-3-2-5-14-10-8-13-6-4-9(10)11(12)16/h4,6,8,14H,2-3,5,7H2,1H3,(H2,12,16). The lowest BCUT2D eigenvalue weighted by Crippen LogP contribution is -2.14. The van der Waals surface area contributed by atoms with E-state index >= 15 is 0 Å². The van der Waals surface area contributed by atoms with Gasteiger partial charge in [-0.25, -0.2) is 0 Å². The molecule has 0 amide bonds. The number of unbranched alkanes of at least 4 members (excludes halogenated alkanes) is 1. The third kappa shape index (κ3) is 4.12. The smallest absolute Gasteiger partial charge is 0.106 e. The number of methoxy groups -OCH3 is 1. The summed E-state index contributed by atoms with van der Waals surface area (Å²) in [6.45, 7) is 1.65. The molecule has 0 unspecified atom stereocenters. The van der Waals surface area contributed by atoms with Crippen LogP contribution in [0.1, 0.15) is 18.4 Å². The molecule has 5 heteroatoms. The molecule has 0 aliphatic carbocycles. The average Bonchev–Trinajstić information content (AvgIpc) is 2.29. The van der Waals surface area contributed by atoms with Crippen molar-refractivity contribution in [3.63, 3.8) is 0 Å². The van der Waals surface area contributed by atoms with Crippen LogP contribution in [-0.2, 0) is 4.74 Å². The van der Waals surface area contributed by atoms with Crippen LogP contribution in [0.4, 0.5) is 5.69 Å². The summed E-state index contributed by atoms with van der Waals surface area (Å²) < 4.78 is 4.98. The molecular weight excluding hydrogens is 222 g/mol. The Balaban J connectivity index is 2.44. The Kier molecular flexibility index (Phi) is 5.74. The van der Waals surface area contributed by atoms with Crippen LogP contribution in [0.25, 0.3) is 0 Å². The lowest BCUT2D eigenvalue weighted by Gasteiger charge is -2.09. The van der Waals surface area contributed by atoms with Crippen LogP contribution in [-0.4, -0.2) is 30.2 Å². The number of anilines is 1. The van der Waals surface area contributed by atoms with Crippen LogP contribution < -0.4 is 11.1 Å². The summed E-state index contributed by atoms with van der Waals surface area (Å²) in [5.74, 6) is 0. The fraction of sp³-hybridized carbons (Fsp3) is 0.455. The summed E-state index contributed by atoms with van der Waals surface area (Å²) >= 11 is 4.96. The van der Waals surface area contributed by atoms with E-state index in [1.54, 1.807) is 19.5 Å². The molecule has 0 bridgehead atoms. The predicted molar refractivity (Wildman–Crippen MR) is 69.7 cm³/mol. The van der Waals surface area contributed by atoms with Gasteiger partial charge >= 0.3 is 0 Å². The number of hydrogen-bond acceptors (Lipinski definition) is 4. The topological polar surface area (TPSA) is 60.2 Å². The minimum absolute atomic E-state index is 0.391. The van der Waals surface area contributed by atoms with Gasteiger partial charge in [0.15, 0.2) is 0 Å². The molecule has 0 atom stereocenters. The highest BCUT2D eigenvalue weighted by Crippen LogP contribution is 2.12. The van der Waals surface area contributed by atoms with E-state index in [1.165, 1.54) is 0 Å². The molecule has 0 fully saturated rings. The van der Waals surface area contributed by atoms with E-state index in [0.29, 0.717) is 4.99 Å². The second-order valence-corrected chi connectivity index (χ2v) is 3.85. The lowest BCUT2D eigenvalue weighted by molar-refractivity contribution is 0.194. The Morgan fingerprint density at radius 3 is 3.06 bits per heavy atom. The van der Waals surface area contributed by atoms with Gasteiger partial charge in [0.1, 0.15) is 4.99 Å². The van der Waals surface area contributed by atoms with Crippen molar-refractivity contribution in [1.82, 2.24) is 4.98 Å². The minimum atomic E-state index is 0.391. The fourth-order valence-electron chi connectivity index (χ4n) is 1.34. The number of pyridine rings is 1. The molecule has 3 N–H and O–H groups in total. The van der Waals surface area contributed by atoms with E-state index in [2.05, 4.69) is 10.3 Å². The number of thiocarbonyl (C=S) groups is 1. The van der Waals surface area contributed by atoms with Crippen molar-refractivity contribution in [2.75, 3.05) is 25.6 Å². The van der Waals surface area contributed by atoms with Crippen molar-refractivity contribution in [3.05, 3.63) is 24.0 Å². The van der Waals surface area contributed by atoms with E-state index < -0.39 is 0 Å². The summed E-state index contributed by atoms with van der Waals surface area (Å²) in [6, 6.07) is 1.82. The maximum absolute atomic E-state index is 5.61. The van der Waals surface area contributed by atoms with Gasteiger partial charge in [0.05, 0.1) is 11.9 Å². The Morgan fingerprint density at radius 2 is 2.38 bits per heavy atom. The zero-order valence-corrected chi connectivity index (χ0v) is 10.2. The van der Waals surface area contributed by atoms with E-state index in [-0.39, 0.29) is 0 Å². The molecule has 0 spiro atoms. The molecular formula is C11H17N3OS. The molecule has 1 aromatic heterocycles. The SMILES string of the molecule is COCCCCNc1cnccc1C(N)=S.